The summed E-state index contributed by atoms with van der Waals surface area (Å²) in [5, 5.41) is 2.71. The highest BCUT2D eigenvalue weighted by molar-refractivity contribution is 5.75. The summed E-state index contributed by atoms with van der Waals surface area (Å²) >= 11 is 0. The zero-order valence-corrected chi connectivity index (χ0v) is 16.7. The molecule has 1 aliphatic rings. The number of nitrogens with one attached hydrogen (secondary N) is 1. The van der Waals surface area contributed by atoms with Gasteiger partial charge >= 0.3 is 6.18 Å². The second kappa shape index (κ2) is 10.1. The molecular formula is C23H26F4N2O. The number of alkyl halides is 3. The summed E-state index contributed by atoms with van der Waals surface area (Å²) in [5.74, 6) is 0.0844. The van der Waals surface area contributed by atoms with Crippen LogP contribution >= 0.6 is 0 Å². The number of rotatable bonds is 7. The molecule has 1 amide bonds. The summed E-state index contributed by atoms with van der Waals surface area (Å²) < 4.78 is 51.6. The van der Waals surface area contributed by atoms with Crippen molar-refractivity contribution in [2.75, 3.05) is 13.1 Å². The fourth-order valence-corrected chi connectivity index (χ4v) is 3.81. The van der Waals surface area contributed by atoms with Crippen molar-refractivity contribution in [1.29, 1.82) is 0 Å². The van der Waals surface area contributed by atoms with Crippen LogP contribution in [0.2, 0.25) is 0 Å². The number of benzene rings is 2. The lowest BCUT2D eigenvalue weighted by Gasteiger charge is -2.32. The average molecular weight is 422 g/mol. The van der Waals surface area contributed by atoms with Gasteiger partial charge in [-0.2, -0.15) is 13.2 Å². The minimum absolute atomic E-state index is 0.0921. The fraction of sp³-hybridized carbons (Fsp3) is 0.435. The van der Waals surface area contributed by atoms with Crippen LogP contribution in [0.25, 0.3) is 0 Å². The average Bonchev–Trinajstić information content (AvgIpc) is 2.71. The smallest absolute Gasteiger partial charge is 0.352 e. The van der Waals surface area contributed by atoms with Crippen LogP contribution in [-0.4, -0.2) is 23.9 Å². The predicted molar refractivity (Wildman–Crippen MR) is 107 cm³/mol. The molecule has 2 aromatic rings. The third kappa shape index (κ3) is 6.83. The van der Waals surface area contributed by atoms with Gasteiger partial charge in [-0.05, 0) is 73.7 Å². The van der Waals surface area contributed by atoms with Crippen LogP contribution in [0, 0.1) is 11.7 Å². The first kappa shape index (κ1) is 22.3. The largest absolute Gasteiger partial charge is 0.416 e. The van der Waals surface area contributed by atoms with Gasteiger partial charge in [0.05, 0.1) is 5.56 Å². The molecule has 0 radical (unpaired) electrons. The number of halogens is 4. The van der Waals surface area contributed by atoms with Gasteiger partial charge in [0.2, 0.25) is 5.91 Å². The van der Waals surface area contributed by atoms with Crippen molar-refractivity contribution >= 4 is 5.91 Å². The van der Waals surface area contributed by atoms with Crippen LogP contribution in [0.4, 0.5) is 17.6 Å². The van der Waals surface area contributed by atoms with E-state index in [1.165, 1.54) is 12.1 Å². The van der Waals surface area contributed by atoms with Crippen molar-refractivity contribution in [3.05, 3.63) is 71.0 Å². The molecule has 0 saturated carbocycles. The first-order chi connectivity index (χ1) is 14.3. The third-order valence-corrected chi connectivity index (χ3v) is 5.53. The van der Waals surface area contributed by atoms with E-state index in [0.29, 0.717) is 17.9 Å². The first-order valence-electron chi connectivity index (χ1n) is 10.2. The van der Waals surface area contributed by atoms with Gasteiger partial charge in [0, 0.05) is 19.5 Å². The molecule has 3 rings (SSSR count). The Morgan fingerprint density at radius 3 is 2.43 bits per heavy atom. The first-order valence-corrected chi connectivity index (χ1v) is 10.2. The Morgan fingerprint density at radius 2 is 1.73 bits per heavy atom. The fourth-order valence-electron chi connectivity index (χ4n) is 3.81. The van der Waals surface area contributed by atoms with Crippen LogP contribution in [0.5, 0.6) is 0 Å². The Balaban J connectivity index is 1.36. The molecule has 162 valence electrons. The Kier molecular flexibility index (Phi) is 7.48. The van der Waals surface area contributed by atoms with E-state index in [1.54, 1.807) is 18.2 Å². The molecule has 2 aromatic carbocycles. The van der Waals surface area contributed by atoms with Gasteiger partial charge in [-0.1, -0.05) is 24.3 Å². The monoisotopic (exact) mass is 422 g/mol. The van der Waals surface area contributed by atoms with Gasteiger partial charge in [-0.3, -0.25) is 9.69 Å². The number of hydrogen-bond donors (Lipinski definition) is 1. The molecule has 7 heteroatoms. The Hall–Kier alpha value is -2.41. The lowest BCUT2D eigenvalue weighted by atomic mass is 9.92. The molecule has 0 bridgehead atoms. The van der Waals surface area contributed by atoms with Crippen LogP contribution in [-0.2, 0) is 24.1 Å². The molecular weight excluding hydrogens is 396 g/mol. The van der Waals surface area contributed by atoms with Gasteiger partial charge in [-0.15, -0.1) is 0 Å². The molecule has 3 nitrogen and oxygen atoms in total. The Labute approximate surface area is 174 Å². The third-order valence-electron chi connectivity index (χ3n) is 5.53. The number of likely N-dealkylation sites (tertiary alicyclic amines) is 1. The summed E-state index contributed by atoms with van der Waals surface area (Å²) in [5.41, 5.74) is 0.686. The SMILES string of the molecule is O=C(CCC1CCN(Cc2cccc(F)c2)CC1)NCc1cccc(C(F)(F)F)c1. The second-order valence-electron chi connectivity index (χ2n) is 7.86. The summed E-state index contributed by atoms with van der Waals surface area (Å²) in [4.78, 5) is 14.4. The lowest BCUT2D eigenvalue weighted by Crippen LogP contribution is -2.33. The molecule has 1 fully saturated rings. The molecule has 0 aromatic heterocycles. The second-order valence-corrected chi connectivity index (χ2v) is 7.86. The maximum atomic E-state index is 13.3. The summed E-state index contributed by atoms with van der Waals surface area (Å²) in [6.07, 6.45) is -1.29. The van der Waals surface area contributed by atoms with E-state index in [-0.39, 0.29) is 18.3 Å². The van der Waals surface area contributed by atoms with E-state index in [4.69, 9.17) is 0 Å². The van der Waals surface area contributed by atoms with E-state index in [9.17, 15) is 22.4 Å². The van der Waals surface area contributed by atoms with Crippen molar-refractivity contribution < 1.29 is 22.4 Å². The molecule has 1 N–H and O–H groups in total. The minimum atomic E-state index is -4.39. The van der Waals surface area contributed by atoms with Crippen LogP contribution < -0.4 is 5.32 Å². The standard InChI is InChI=1S/C23H26F4N2O/c24-21-6-2-4-19(14-21)16-29-11-9-17(10-12-29)7-8-22(30)28-15-18-3-1-5-20(13-18)23(25,26)27/h1-6,13-14,17H,7-12,15-16H2,(H,28,30). The summed E-state index contributed by atoms with van der Waals surface area (Å²) in [7, 11) is 0. The van der Waals surface area contributed by atoms with Crippen molar-refractivity contribution in [1.82, 2.24) is 10.2 Å². The Bertz CT molecular complexity index is 845. The Morgan fingerprint density at radius 1 is 1.03 bits per heavy atom. The predicted octanol–water partition coefficient (Wildman–Crippen LogP) is 5.15. The normalized spacial score (nSPS) is 15.9. The number of carbonyl (C=O) groups is 1. The zero-order chi connectivity index (χ0) is 21.6. The van der Waals surface area contributed by atoms with Crippen molar-refractivity contribution in [2.24, 2.45) is 5.92 Å². The highest BCUT2D eigenvalue weighted by Gasteiger charge is 2.30. The maximum absolute atomic E-state index is 13.3. The van der Waals surface area contributed by atoms with Crippen molar-refractivity contribution in [3.63, 3.8) is 0 Å². The molecule has 1 saturated heterocycles. The number of nitrogens with zero attached hydrogens (tertiary/aromatic N) is 1. The highest BCUT2D eigenvalue weighted by atomic mass is 19.4. The topological polar surface area (TPSA) is 32.3 Å². The van der Waals surface area contributed by atoms with Crippen molar-refractivity contribution in [3.8, 4) is 0 Å². The van der Waals surface area contributed by atoms with E-state index in [2.05, 4.69) is 10.2 Å². The van der Waals surface area contributed by atoms with Gasteiger partial charge in [0.25, 0.3) is 0 Å². The minimum Gasteiger partial charge on any atom is -0.352 e. The molecule has 0 atom stereocenters. The lowest BCUT2D eigenvalue weighted by molar-refractivity contribution is -0.137. The maximum Gasteiger partial charge on any atom is 0.416 e. The number of carbonyl (C=O) groups excluding carboxylic acids is 1. The van der Waals surface area contributed by atoms with E-state index < -0.39 is 11.7 Å². The van der Waals surface area contributed by atoms with E-state index in [1.807, 2.05) is 6.07 Å². The molecule has 30 heavy (non-hydrogen) atoms. The van der Waals surface area contributed by atoms with Crippen LogP contribution in [0.3, 0.4) is 0 Å². The number of amides is 1. The zero-order valence-electron chi connectivity index (χ0n) is 16.7. The van der Waals surface area contributed by atoms with E-state index >= 15 is 0 Å². The molecule has 1 aliphatic heterocycles. The summed E-state index contributed by atoms with van der Waals surface area (Å²) in [6.45, 7) is 2.64. The van der Waals surface area contributed by atoms with Gasteiger partial charge in [-0.25, -0.2) is 4.39 Å². The highest BCUT2D eigenvalue weighted by Crippen LogP contribution is 2.29. The molecule has 0 unspecified atom stereocenters. The van der Waals surface area contributed by atoms with Crippen molar-refractivity contribution in [2.45, 2.75) is 44.9 Å². The quantitative estimate of drug-likeness (QED) is 0.626. The van der Waals surface area contributed by atoms with Crippen LogP contribution in [0.1, 0.15) is 42.4 Å². The van der Waals surface area contributed by atoms with E-state index in [0.717, 1.165) is 56.6 Å². The molecule has 0 aliphatic carbocycles. The summed E-state index contributed by atoms with van der Waals surface area (Å²) in [6, 6.07) is 11.6. The molecule has 0 spiro atoms. The van der Waals surface area contributed by atoms with Crippen LogP contribution in [0.15, 0.2) is 48.5 Å². The van der Waals surface area contributed by atoms with Gasteiger partial charge in [0.15, 0.2) is 0 Å². The molecule has 1 heterocycles. The number of hydrogen-bond acceptors (Lipinski definition) is 2. The van der Waals surface area contributed by atoms with Gasteiger partial charge < -0.3 is 5.32 Å². The van der Waals surface area contributed by atoms with Gasteiger partial charge in [0.1, 0.15) is 5.82 Å². The number of piperidine rings is 1.